The summed E-state index contributed by atoms with van der Waals surface area (Å²) in [7, 11) is 0. The van der Waals surface area contributed by atoms with Gasteiger partial charge >= 0.3 is 0 Å². The van der Waals surface area contributed by atoms with Crippen LogP contribution in [0.15, 0.2) is 34.9 Å². The van der Waals surface area contributed by atoms with Crippen LogP contribution >= 0.6 is 27.5 Å². The Bertz CT molecular complexity index is 531. The van der Waals surface area contributed by atoms with Crippen molar-refractivity contribution in [1.29, 1.82) is 0 Å². The fraction of sp³-hybridized carbons (Fsp3) is 0.0909. The van der Waals surface area contributed by atoms with E-state index in [1.54, 1.807) is 6.20 Å². The number of rotatable bonds is 4. The van der Waals surface area contributed by atoms with Gasteiger partial charge in [0.1, 0.15) is 5.82 Å². The highest BCUT2D eigenvalue weighted by Gasteiger charge is 2.04. The van der Waals surface area contributed by atoms with Gasteiger partial charge in [0, 0.05) is 17.8 Å². The average Bonchev–Trinajstić information content (AvgIpc) is 2.40. The predicted octanol–water partition coefficient (Wildman–Crippen LogP) is 2.79. The summed E-state index contributed by atoms with van der Waals surface area (Å²) in [5.74, 6) is 6.29. The summed E-state index contributed by atoms with van der Waals surface area (Å²) >= 11 is 9.19. The lowest BCUT2D eigenvalue weighted by Gasteiger charge is -2.08. The second kappa shape index (κ2) is 5.99. The third-order valence-electron chi connectivity index (χ3n) is 2.25. The van der Waals surface area contributed by atoms with Gasteiger partial charge in [0.25, 0.3) is 0 Å². The fourth-order valence-electron chi connectivity index (χ4n) is 1.35. The van der Waals surface area contributed by atoms with E-state index in [1.165, 1.54) is 0 Å². The molecule has 1 aromatic carbocycles. The van der Waals surface area contributed by atoms with Crippen molar-refractivity contribution < 1.29 is 0 Å². The number of hydrogen-bond donors (Lipinski definition) is 3. The first-order valence-corrected chi connectivity index (χ1v) is 6.33. The van der Waals surface area contributed by atoms with Crippen LogP contribution < -0.4 is 16.6 Å². The van der Waals surface area contributed by atoms with E-state index < -0.39 is 0 Å². The fourth-order valence-corrected chi connectivity index (χ4v) is 1.81. The van der Waals surface area contributed by atoms with Gasteiger partial charge in [0.15, 0.2) is 0 Å². The normalized spacial score (nSPS) is 10.2. The average molecular weight is 329 g/mol. The van der Waals surface area contributed by atoms with Gasteiger partial charge < -0.3 is 5.32 Å². The van der Waals surface area contributed by atoms with Crippen molar-refractivity contribution in [3.8, 4) is 0 Å². The molecule has 94 valence electrons. The molecule has 0 bridgehead atoms. The molecule has 0 atom stereocenters. The molecule has 5 nitrogen and oxygen atoms in total. The van der Waals surface area contributed by atoms with Crippen LogP contribution in [-0.4, -0.2) is 9.97 Å². The van der Waals surface area contributed by atoms with Gasteiger partial charge in [0.05, 0.1) is 4.47 Å². The Hall–Kier alpha value is -1.37. The Morgan fingerprint density at radius 1 is 1.28 bits per heavy atom. The Kier molecular flexibility index (Phi) is 4.35. The van der Waals surface area contributed by atoms with Crippen molar-refractivity contribution in [1.82, 2.24) is 9.97 Å². The summed E-state index contributed by atoms with van der Waals surface area (Å²) in [6.45, 7) is 0.636. The van der Waals surface area contributed by atoms with Crippen LogP contribution in [0, 0.1) is 0 Å². The zero-order chi connectivity index (χ0) is 13.0. The molecule has 0 radical (unpaired) electrons. The molecule has 0 aliphatic heterocycles. The van der Waals surface area contributed by atoms with Crippen LogP contribution in [0.5, 0.6) is 0 Å². The number of hydrogen-bond acceptors (Lipinski definition) is 5. The number of nitrogens with zero attached hydrogens (tertiary/aromatic N) is 2. The summed E-state index contributed by atoms with van der Waals surface area (Å²) < 4.78 is 0.774. The maximum Gasteiger partial charge on any atom is 0.239 e. The molecular formula is C11H11BrClN5. The number of halogens is 2. The third kappa shape index (κ3) is 3.32. The molecule has 1 aromatic heterocycles. The first-order valence-electron chi connectivity index (χ1n) is 5.16. The molecule has 0 spiro atoms. The number of nitrogens with one attached hydrogen (secondary N) is 2. The lowest BCUT2D eigenvalue weighted by molar-refractivity contribution is 1.06. The molecule has 0 saturated heterocycles. The molecule has 2 aromatic rings. The van der Waals surface area contributed by atoms with Gasteiger partial charge in [-0.2, -0.15) is 4.98 Å². The largest absolute Gasteiger partial charge is 0.365 e. The van der Waals surface area contributed by atoms with E-state index in [4.69, 9.17) is 17.4 Å². The molecule has 0 aliphatic rings. The second-order valence-electron chi connectivity index (χ2n) is 3.51. The summed E-state index contributed by atoms with van der Waals surface area (Å²) in [6.07, 6.45) is 1.63. The standard InChI is InChI=1S/C11H11BrClN5/c12-9-6-16-11(18-14)17-10(9)15-5-7-1-3-8(13)4-2-7/h1-4,6H,5,14H2,(H2,15,16,17,18). The molecule has 0 fully saturated rings. The molecule has 0 amide bonds. The van der Waals surface area contributed by atoms with E-state index >= 15 is 0 Å². The van der Waals surface area contributed by atoms with Crippen molar-refractivity contribution in [2.75, 3.05) is 10.7 Å². The summed E-state index contributed by atoms with van der Waals surface area (Å²) in [4.78, 5) is 8.16. The number of anilines is 2. The van der Waals surface area contributed by atoms with E-state index in [0.717, 1.165) is 15.1 Å². The van der Waals surface area contributed by atoms with Gasteiger partial charge in [0.2, 0.25) is 5.95 Å². The van der Waals surface area contributed by atoms with Gasteiger partial charge in [-0.1, -0.05) is 23.7 Å². The quantitative estimate of drug-likeness (QED) is 0.594. The monoisotopic (exact) mass is 327 g/mol. The minimum absolute atomic E-state index is 0.358. The number of aromatic nitrogens is 2. The minimum atomic E-state index is 0.358. The first kappa shape index (κ1) is 13.1. The van der Waals surface area contributed by atoms with E-state index in [0.29, 0.717) is 18.3 Å². The molecule has 0 unspecified atom stereocenters. The molecule has 1 heterocycles. The molecule has 0 aliphatic carbocycles. The Labute approximate surface area is 118 Å². The lowest BCUT2D eigenvalue weighted by Crippen LogP contribution is -2.12. The van der Waals surface area contributed by atoms with E-state index in [1.807, 2.05) is 24.3 Å². The predicted molar refractivity (Wildman–Crippen MR) is 76.3 cm³/mol. The van der Waals surface area contributed by atoms with E-state index in [9.17, 15) is 0 Å². The lowest BCUT2D eigenvalue weighted by atomic mass is 10.2. The van der Waals surface area contributed by atoms with Crippen molar-refractivity contribution >= 4 is 39.3 Å². The number of nitrogens with two attached hydrogens (primary N) is 1. The van der Waals surface area contributed by atoms with Crippen LogP contribution in [0.1, 0.15) is 5.56 Å². The van der Waals surface area contributed by atoms with Gasteiger partial charge in [-0.15, -0.1) is 0 Å². The van der Waals surface area contributed by atoms with Crippen LogP contribution in [0.25, 0.3) is 0 Å². The van der Waals surface area contributed by atoms with Crippen LogP contribution in [0.4, 0.5) is 11.8 Å². The highest BCUT2D eigenvalue weighted by Crippen LogP contribution is 2.20. The Morgan fingerprint density at radius 3 is 2.67 bits per heavy atom. The van der Waals surface area contributed by atoms with Crippen molar-refractivity contribution in [2.45, 2.75) is 6.54 Å². The smallest absolute Gasteiger partial charge is 0.239 e. The second-order valence-corrected chi connectivity index (χ2v) is 4.81. The maximum absolute atomic E-state index is 5.82. The zero-order valence-corrected chi connectivity index (χ0v) is 11.7. The number of nitrogen functional groups attached to an aromatic ring is 1. The number of hydrazine groups is 1. The third-order valence-corrected chi connectivity index (χ3v) is 3.08. The van der Waals surface area contributed by atoms with Crippen LogP contribution in [0.2, 0.25) is 5.02 Å². The van der Waals surface area contributed by atoms with Crippen molar-refractivity contribution in [3.63, 3.8) is 0 Å². The highest BCUT2D eigenvalue weighted by molar-refractivity contribution is 9.10. The van der Waals surface area contributed by atoms with Crippen LogP contribution in [-0.2, 0) is 6.54 Å². The first-order chi connectivity index (χ1) is 8.69. The Balaban J connectivity index is 2.07. The maximum atomic E-state index is 5.82. The molecule has 7 heteroatoms. The van der Waals surface area contributed by atoms with Gasteiger partial charge in [-0.05, 0) is 33.6 Å². The SMILES string of the molecule is NNc1ncc(Br)c(NCc2ccc(Cl)cc2)n1. The van der Waals surface area contributed by atoms with E-state index in [2.05, 4.69) is 36.6 Å². The van der Waals surface area contributed by atoms with Gasteiger partial charge in [-0.25, -0.2) is 10.8 Å². The highest BCUT2D eigenvalue weighted by atomic mass is 79.9. The topological polar surface area (TPSA) is 75.9 Å². The summed E-state index contributed by atoms with van der Waals surface area (Å²) in [5, 5.41) is 3.91. The molecule has 0 saturated carbocycles. The molecule has 18 heavy (non-hydrogen) atoms. The molecule has 4 N–H and O–H groups in total. The zero-order valence-electron chi connectivity index (χ0n) is 9.32. The van der Waals surface area contributed by atoms with Crippen molar-refractivity contribution in [2.24, 2.45) is 5.84 Å². The minimum Gasteiger partial charge on any atom is -0.365 e. The molecule has 2 rings (SSSR count). The van der Waals surface area contributed by atoms with Gasteiger partial charge in [-0.3, -0.25) is 5.43 Å². The molecular weight excluding hydrogens is 318 g/mol. The van der Waals surface area contributed by atoms with Crippen molar-refractivity contribution in [3.05, 3.63) is 45.5 Å². The Morgan fingerprint density at radius 2 is 2.00 bits per heavy atom. The van der Waals surface area contributed by atoms with E-state index in [-0.39, 0.29) is 0 Å². The van der Waals surface area contributed by atoms with Crippen LogP contribution in [0.3, 0.4) is 0 Å². The summed E-state index contributed by atoms with van der Waals surface area (Å²) in [5.41, 5.74) is 3.50. The number of benzene rings is 1. The summed E-state index contributed by atoms with van der Waals surface area (Å²) in [6, 6.07) is 7.60.